The van der Waals surface area contributed by atoms with Gasteiger partial charge >= 0.3 is 6.01 Å². The number of nitrogens with zero attached hydrogens (tertiary/aromatic N) is 2. The summed E-state index contributed by atoms with van der Waals surface area (Å²) in [5.74, 6) is 0.181. The Bertz CT molecular complexity index is 424. The minimum Gasteiger partial charge on any atom is -0.336 e. The lowest BCUT2D eigenvalue weighted by molar-refractivity contribution is 0.419. The van der Waals surface area contributed by atoms with Gasteiger partial charge in [-0.25, -0.2) is 8.42 Å². The van der Waals surface area contributed by atoms with Crippen molar-refractivity contribution in [1.82, 2.24) is 10.1 Å². The number of anilines is 1. The summed E-state index contributed by atoms with van der Waals surface area (Å²) in [6, 6.07) is 0.405. The van der Waals surface area contributed by atoms with Gasteiger partial charge in [0.1, 0.15) is 5.25 Å². The number of nitrogens with one attached hydrogen (secondary N) is 1. The summed E-state index contributed by atoms with van der Waals surface area (Å²) in [5.41, 5.74) is 0. The van der Waals surface area contributed by atoms with Gasteiger partial charge in [0.15, 0.2) is 15.7 Å². The van der Waals surface area contributed by atoms with Gasteiger partial charge in [0.2, 0.25) is 0 Å². The number of hydrogen-bond donors (Lipinski definition) is 1. The van der Waals surface area contributed by atoms with Crippen molar-refractivity contribution in [2.75, 3.05) is 11.6 Å². The lowest BCUT2D eigenvalue weighted by atomic mass is 10.4. The van der Waals surface area contributed by atoms with E-state index in [4.69, 9.17) is 4.52 Å². The van der Waals surface area contributed by atoms with E-state index in [0.29, 0.717) is 0 Å². The lowest BCUT2D eigenvalue weighted by Crippen LogP contribution is -2.11. The molecule has 7 heteroatoms. The zero-order valence-corrected chi connectivity index (χ0v) is 10.00. The summed E-state index contributed by atoms with van der Waals surface area (Å²) in [6.45, 7) is 5.37. The molecule has 0 aliphatic heterocycles. The van der Waals surface area contributed by atoms with E-state index < -0.39 is 15.1 Å². The Hall–Kier alpha value is -1.11. The molecule has 86 valence electrons. The normalized spacial score (nSPS) is 14.2. The Morgan fingerprint density at radius 3 is 2.40 bits per heavy atom. The van der Waals surface area contributed by atoms with Crippen molar-refractivity contribution in [1.29, 1.82) is 0 Å². The molecule has 1 heterocycles. The minimum absolute atomic E-state index is 0.159. The van der Waals surface area contributed by atoms with Crippen LogP contribution in [-0.4, -0.2) is 30.9 Å². The number of sulfone groups is 1. The van der Waals surface area contributed by atoms with Gasteiger partial charge in [-0.1, -0.05) is 5.16 Å². The quantitative estimate of drug-likeness (QED) is 0.834. The molecule has 0 spiro atoms. The summed E-state index contributed by atoms with van der Waals surface area (Å²) < 4.78 is 27.3. The summed E-state index contributed by atoms with van der Waals surface area (Å²) >= 11 is 0. The maximum Gasteiger partial charge on any atom is 0.321 e. The second-order valence-electron chi connectivity index (χ2n) is 3.73. The smallest absolute Gasteiger partial charge is 0.321 e. The van der Waals surface area contributed by atoms with Crippen LogP contribution >= 0.6 is 0 Å². The van der Waals surface area contributed by atoms with Crippen molar-refractivity contribution in [3.63, 3.8) is 0 Å². The summed E-state index contributed by atoms with van der Waals surface area (Å²) in [5, 5.41) is 5.76. The Labute approximate surface area is 89.0 Å². The monoisotopic (exact) mass is 233 g/mol. The van der Waals surface area contributed by atoms with Crippen molar-refractivity contribution in [2.45, 2.75) is 32.1 Å². The molecule has 1 aromatic rings. The molecule has 1 unspecified atom stereocenters. The van der Waals surface area contributed by atoms with E-state index in [1.165, 1.54) is 6.92 Å². The predicted octanol–water partition coefficient (Wildman–Crippen LogP) is 0.995. The van der Waals surface area contributed by atoms with Crippen LogP contribution in [0.25, 0.3) is 0 Å². The molecule has 0 aliphatic rings. The third-order valence-electron chi connectivity index (χ3n) is 1.86. The fourth-order valence-corrected chi connectivity index (χ4v) is 1.38. The van der Waals surface area contributed by atoms with Crippen molar-refractivity contribution < 1.29 is 12.9 Å². The molecule has 6 nitrogen and oxygen atoms in total. The molecule has 0 bridgehead atoms. The van der Waals surface area contributed by atoms with Gasteiger partial charge in [-0.2, -0.15) is 4.98 Å². The topological polar surface area (TPSA) is 85.1 Å². The van der Waals surface area contributed by atoms with Crippen LogP contribution in [0.4, 0.5) is 6.01 Å². The Morgan fingerprint density at radius 1 is 1.33 bits per heavy atom. The van der Waals surface area contributed by atoms with E-state index in [-0.39, 0.29) is 17.9 Å². The van der Waals surface area contributed by atoms with E-state index >= 15 is 0 Å². The molecule has 1 atom stereocenters. The van der Waals surface area contributed by atoms with Crippen LogP contribution in [0, 0.1) is 0 Å². The number of aromatic nitrogens is 2. The van der Waals surface area contributed by atoms with Crippen molar-refractivity contribution >= 4 is 15.9 Å². The first-order valence-electron chi connectivity index (χ1n) is 4.59. The van der Waals surface area contributed by atoms with Crippen LogP contribution in [-0.2, 0) is 9.84 Å². The minimum atomic E-state index is -3.18. The van der Waals surface area contributed by atoms with E-state index in [1.54, 1.807) is 0 Å². The van der Waals surface area contributed by atoms with Crippen LogP contribution in [0.3, 0.4) is 0 Å². The first-order valence-corrected chi connectivity index (χ1v) is 6.55. The van der Waals surface area contributed by atoms with Crippen LogP contribution in [0.1, 0.15) is 31.8 Å². The number of hydrogen-bond acceptors (Lipinski definition) is 6. The van der Waals surface area contributed by atoms with Crippen molar-refractivity contribution in [3.05, 3.63) is 5.82 Å². The second-order valence-corrected chi connectivity index (χ2v) is 6.09. The molecule has 15 heavy (non-hydrogen) atoms. The first kappa shape index (κ1) is 12.0. The van der Waals surface area contributed by atoms with E-state index in [9.17, 15) is 8.42 Å². The molecule has 0 radical (unpaired) electrons. The van der Waals surface area contributed by atoms with Crippen molar-refractivity contribution in [2.24, 2.45) is 0 Å². The zero-order valence-electron chi connectivity index (χ0n) is 9.18. The van der Waals surface area contributed by atoms with E-state index in [0.717, 1.165) is 6.26 Å². The highest BCUT2D eigenvalue weighted by Crippen LogP contribution is 2.19. The van der Waals surface area contributed by atoms with Gasteiger partial charge in [-0.05, 0) is 20.8 Å². The number of rotatable bonds is 4. The third-order valence-corrected chi connectivity index (χ3v) is 3.35. The average Bonchev–Trinajstić information content (AvgIpc) is 2.48. The zero-order chi connectivity index (χ0) is 11.6. The Morgan fingerprint density at radius 2 is 1.93 bits per heavy atom. The molecular weight excluding hydrogens is 218 g/mol. The van der Waals surface area contributed by atoms with Crippen LogP contribution in [0.15, 0.2) is 4.52 Å². The van der Waals surface area contributed by atoms with Gasteiger partial charge in [0, 0.05) is 12.3 Å². The van der Waals surface area contributed by atoms with Gasteiger partial charge < -0.3 is 9.84 Å². The molecule has 1 rings (SSSR count). The van der Waals surface area contributed by atoms with E-state index in [1.807, 2.05) is 13.8 Å². The van der Waals surface area contributed by atoms with Crippen LogP contribution < -0.4 is 5.32 Å². The Kier molecular flexibility index (Phi) is 3.33. The molecular formula is C8H15N3O3S. The molecule has 0 fully saturated rings. The fourth-order valence-electron chi connectivity index (χ4n) is 0.897. The maximum atomic E-state index is 11.2. The van der Waals surface area contributed by atoms with Gasteiger partial charge in [-0.3, -0.25) is 0 Å². The Balaban J connectivity index is 2.85. The van der Waals surface area contributed by atoms with Crippen LogP contribution in [0.5, 0.6) is 0 Å². The third kappa shape index (κ3) is 3.19. The highest BCUT2D eigenvalue weighted by atomic mass is 32.2. The maximum absolute atomic E-state index is 11.2. The van der Waals surface area contributed by atoms with Gasteiger partial charge in [0.25, 0.3) is 0 Å². The highest BCUT2D eigenvalue weighted by molar-refractivity contribution is 7.90. The van der Waals surface area contributed by atoms with E-state index in [2.05, 4.69) is 15.5 Å². The molecule has 0 aromatic carbocycles. The predicted molar refractivity (Wildman–Crippen MR) is 56.3 cm³/mol. The van der Waals surface area contributed by atoms with Gasteiger partial charge in [0.05, 0.1) is 0 Å². The molecule has 0 aliphatic carbocycles. The van der Waals surface area contributed by atoms with Crippen LogP contribution in [0.2, 0.25) is 0 Å². The second kappa shape index (κ2) is 4.18. The molecule has 0 saturated heterocycles. The molecule has 0 saturated carbocycles. The summed E-state index contributed by atoms with van der Waals surface area (Å²) in [7, 11) is -3.18. The SMILES string of the molecule is CC(C)Nc1nc(C(C)S(C)(=O)=O)no1. The first-order chi connectivity index (χ1) is 6.80. The lowest BCUT2D eigenvalue weighted by Gasteiger charge is -2.03. The largest absolute Gasteiger partial charge is 0.336 e. The standard InChI is InChI=1S/C8H15N3O3S/c1-5(2)9-8-10-7(11-14-8)6(3)15(4,12)13/h5-6H,1-4H3,(H,9,10,11). The highest BCUT2D eigenvalue weighted by Gasteiger charge is 2.23. The molecule has 1 aromatic heterocycles. The van der Waals surface area contributed by atoms with Crippen molar-refractivity contribution in [3.8, 4) is 0 Å². The fraction of sp³-hybridized carbons (Fsp3) is 0.750. The summed E-state index contributed by atoms with van der Waals surface area (Å²) in [4.78, 5) is 3.95. The molecule has 1 N–H and O–H groups in total. The van der Waals surface area contributed by atoms with Gasteiger partial charge in [-0.15, -0.1) is 0 Å². The molecule has 0 amide bonds. The summed E-state index contributed by atoms with van der Waals surface area (Å²) in [6.07, 6.45) is 1.14. The average molecular weight is 233 g/mol.